The van der Waals surface area contributed by atoms with E-state index >= 15 is 0 Å². The quantitative estimate of drug-likeness (QED) is 0.705. The van der Waals surface area contributed by atoms with Gasteiger partial charge in [-0.25, -0.2) is 4.39 Å². The number of rotatable bonds is 2. The van der Waals surface area contributed by atoms with Crippen LogP contribution in [0, 0.1) is 5.82 Å². The van der Waals surface area contributed by atoms with Gasteiger partial charge in [0.25, 0.3) is 0 Å². The second-order valence-corrected chi connectivity index (χ2v) is 4.18. The van der Waals surface area contributed by atoms with E-state index < -0.39 is 0 Å². The van der Waals surface area contributed by atoms with Crippen molar-refractivity contribution in [1.82, 2.24) is 0 Å². The van der Waals surface area contributed by atoms with Crippen LogP contribution in [0.25, 0.3) is 0 Å². The van der Waals surface area contributed by atoms with Gasteiger partial charge in [0.15, 0.2) is 0 Å². The maximum atomic E-state index is 13.6. The number of anilines is 1. The molecule has 4 N–H and O–H groups in total. The van der Waals surface area contributed by atoms with Crippen molar-refractivity contribution in [3.63, 3.8) is 0 Å². The Hall–Kier alpha value is -1.09. The molecule has 76 valence electrons. The Morgan fingerprint density at radius 2 is 2.07 bits per heavy atom. The number of hydrogen-bond donors (Lipinski definition) is 2. The third-order valence-electron chi connectivity index (χ3n) is 3.19. The van der Waals surface area contributed by atoms with E-state index in [0.29, 0.717) is 5.69 Å². The van der Waals surface area contributed by atoms with Gasteiger partial charge in [0.2, 0.25) is 0 Å². The number of benzene rings is 1. The molecule has 1 saturated carbocycles. The zero-order valence-electron chi connectivity index (χ0n) is 8.26. The monoisotopic (exact) mass is 194 g/mol. The van der Waals surface area contributed by atoms with E-state index in [1.807, 2.05) is 6.92 Å². The number of hydrogen-bond acceptors (Lipinski definition) is 2. The van der Waals surface area contributed by atoms with Gasteiger partial charge >= 0.3 is 0 Å². The Morgan fingerprint density at radius 3 is 2.50 bits per heavy atom. The minimum Gasteiger partial charge on any atom is -0.399 e. The summed E-state index contributed by atoms with van der Waals surface area (Å²) in [5.41, 5.74) is 12.4. The highest BCUT2D eigenvalue weighted by molar-refractivity contribution is 5.45. The zero-order valence-corrected chi connectivity index (χ0v) is 8.26. The summed E-state index contributed by atoms with van der Waals surface area (Å²) >= 11 is 0. The fourth-order valence-electron chi connectivity index (χ4n) is 2.04. The van der Waals surface area contributed by atoms with Crippen molar-refractivity contribution in [2.75, 3.05) is 5.73 Å². The molecule has 0 radical (unpaired) electrons. The van der Waals surface area contributed by atoms with Crippen molar-refractivity contribution in [3.8, 4) is 0 Å². The van der Waals surface area contributed by atoms with Crippen LogP contribution in [-0.4, -0.2) is 6.04 Å². The Morgan fingerprint density at radius 1 is 1.43 bits per heavy atom. The van der Waals surface area contributed by atoms with E-state index in [2.05, 4.69) is 0 Å². The summed E-state index contributed by atoms with van der Waals surface area (Å²) < 4.78 is 13.6. The lowest BCUT2D eigenvalue weighted by Crippen LogP contribution is -2.32. The molecule has 0 saturated heterocycles. The molecule has 0 amide bonds. The van der Waals surface area contributed by atoms with Gasteiger partial charge in [-0.15, -0.1) is 0 Å². The summed E-state index contributed by atoms with van der Waals surface area (Å²) in [5.74, 6) is -0.222. The van der Waals surface area contributed by atoms with E-state index in [1.54, 1.807) is 12.1 Å². The molecule has 1 aromatic rings. The highest BCUT2D eigenvalue weighted by atomic mass is 19.1. The smallest absolute Gasteiger partial charge is 0.129 e. The van der Waals surface area contributed by atoms with E-state index in [-0.39, 0.29) is 17.3 Å². The molecule has 0 heterocycles. The summed E-state index contributed by atoms with van der Waals surface area (Å²) in [6, 6.07) is 4.88. The number of halogens is 1. The highest BCUT2D eigenvalue weighted by Crippen LogP contribution is 2.51. The maximum Gasteiger partial charge on any atom is 0.129 e. The van der Waals surface area contributed by atoms with Crippen molar-refractivity contribution in [2.24, 2.45) is 5.73 Å². The second kappa shape index (κ2) is 2.95. The van der Waals surface area contributed by atoms with Gasteiger partial charge in [-0.2, -0.15) is 0 Å². The van der Waals surface area contributed by atoms with Gasteiger partial charge in [-0.3, -0.25) is 0 Å². The fraction of sp³-hybridized carbons (Fsp3) is 0.455. The highest BCUT2D eigenvalue weighted by Gasteiger charge is 2.48. The normalized spacial score (nSPS) is 20.5. The Kier molecular flexibility index (Phi) is 2.00. The molecule has 0 spiro atoms. The number of nitrogens with two attached hydrogens (primary N) is 2. The molecule has 2 nitrogen and oxygen atoms in total. The van der Waals surface area contributed by atoms with Crippen molar-refractivity contribution in [2.45, 2.75) is 31.2 Å². The maximum absolute atomic E-state index is 13.6. The van der Waals surface area contributed by atoms with E-state index in [0.717, 1.165) is 18.4 Å². The molecule has 1 atom stereocenters. The van der Waals surface area contributed by atoms with Crippen LogP contribution in [0.5, 0.6) is 0 Å². The lowest BCUT2D eigenvalue weighted by atomic mass is 9.89. The van der Waals surface area contributed by atoms with E-state index in [1.165, 1.54) is 6.07 Å². The van der Waals surface area contributed by atoms with Gasteiger partial charge in [0.1, 0.15) is 5.82 Å². The topological polar surface area (TPSA) is 52.0 Å². The summed E-state index contributed by atoms with van der Waals surface area (Å²) in [6.07, 6.45) is 1.96. The van der Waals surface area contributed by atoms with Gasteiger partial charge in [-0.1, -0.05) is 6.07 Å². The molecular formula is C11H15FN2. The Labute approximate surface area is 83.1 Å². The van der Waals surface area contributed by atoms with Crippen LogP contribution in [0.2, 0.25) is 0 Å². The third kappa shape index (κ3) is 1.28. The van der Waals surface area contributed by atoms with Crippen LogP contribution < -0.4 is 11.5 Å². The van der Waals surface area contributed by atoms with Crippen molar-refractivity contribution in [3.05, 3.63) is 29.6 Å². The molecule has 0 aliphatic heterocycles. The Bertz CT molecular complexity index is 356. The van der Waals surface area contributed by atoms with Crippen LogP contribution in [0.15, 0.2) is 18.2 Å². The number of nitrogen functional groups attached to an aromatic ring is 1. The molecule has 14 heavy (non-hydrogen) atoms. The van der Waals surface area contributed by atoms with Crippen molar-refractivity contribution < 1.29 is 4.39 Å². The average molecular weight is 194 g/mol. The minimum absolute atomic E-state index is 0.000578. The van der Waals surface area contributed by atoms with Crippen LogP contribution in [-0.2, 0) is 5.41 Å². The van der Waals surface area contributed by atoms with Crippen molar-refractivity contribution in [1.29, 1.82) is 0 Å². The molecule has 1 unspecified atom stereocenters. The fourth-order valence-corrected chi connectivity index (χ4v) is 2.04. The first kappa shape index (κ1) is 9.46. The average Bonchev–Trinajstić information content (AvgIpc) is 2.84. The molecule has 0 bridgehead atoms. The SMILES string of the molecule is CC(N)C1(c2ccc(N)cc2F)CC1. The first-order valence-electron chi connectivity index (χ1n) is 4.87. The summed E-state index contributed by atoms with van der Waals surface area (Å²) in [4.78, 5) is 0. The van der Waals surface area contributed by atoms with Gasteiger partial charge in [0.05, 0.1) is 0 Å². The lowest BCUT2D eigenvalue weighted by Gasteiger charge is -2.20. The molecule has 3 heteroatoms. The molecular weight excluding hydrogens is 179 g/mol. The van der Waals surface area contributed by atoms with Gasteiger partial charge in [-0.05, 0) is 37.5 Å². The van der Waals surface area contributed by atoms with Crippen LogP contribution in [0.1, 0.15) is 25.3 Å². The predicted octanol–water partition coefficient (Wildman–Crippen LogP) is 1.79. The van der Waals surface area contributed by atoms with Gasteiger partial charge in [0, 0.05) is 17.1 Å². The van der Waals surface area contributed by atoms with Crippen LogP contribution in [0.3, 0.4) is 0 Å². The predicted molar refractivity (Wildman–Crippen MR) is 55.4 cm³/mol. The minimum atomic E-state index is -0.222. The van der Waals surface area contributed by atoms with Gasteiger partial charge < -0.3 is 11.5 Å². The van der Waals surface area contributed by atoms with Crippen molar-refractivity contribution >= 4 is 5.69 Å². The molecule has 1 aliphatic rings. The van der Waals surface area contributed by atoms with E-state index in [9.17, 15) is 4.39 Å². The lowest BCUT2D eigenvalue weighted by molar-refractivity contribution is 0.512. The Balaban J connectivity index is 2.42. The van der Waals surface area contributed by atoms with E-state index in [4.69, 9.17) is 11.5 Å². The first-order chi connectivity index (χ1) is 6.56. The molecule has 0 aromatic heterocycles. The molecule has 2 rings (SSSR count). The second-order valence-electron chi connectivity index (χ2n) is 4.18. The van der Waals surface area contributed by atoms with Crippen LogP contribution >= 0.6 is 0 Å². The summed E-state index contributed by atoms with van der Waals surface area (Å²) in [6.45, 7) is 1.93. The standard InChI is InChI=1S/C11H15FN2/c1-7(13)11(4-5-11)9-3-2-8(14)6-10(9)12/h2-3,6-7H,4-5,13-14H2,1H3. The summed E-state index contributed by atoms with van der Waals surface area (Å²) in [7, 11) is 0. The third-order valence-corrected chi connectivity index (χ3v) is 3.19. The zero-order chi connectivity index (χ0) is 10.3. The molecule has 1 fully saturated rings. The van der Waals surface area contributed by atoms with Crippen LogP contribution in [0.4, 0.5) is 10.1 Å². The largest absolute Gasteiger partial charge is 0.399 e. The molecule has 1 aromatic carbocycles. The summed E-state index contributed by atoms with van der Waals surface area (Å²) in [5, 5.41) is 0. The first-order valence-corrected chi connectivity index (χ1v) is 4.87. The molecule has 1 aliphatic carbocycles.